The third-order valence-electron chi connectivity index (χ3n) is 8.54. The molecule has 2 heterocycles. The fraction of sp³-hybridized carbons (Fsp3) is 0.516. The Kier molecular flexibility index (Phi) is 9.08. The summed E-state index contributed by atoms with van der Waals surface area (Å²) in [6, 6.07) is 14.5. The molecular weight excluding hydrogens is 516 g/mol. The van der Waals surface area contributed by atoms with E-state index in [0.717, 1.165) is 68.3 Å². The number of allylic oxidation sites excluding steroid dienone is 1. The summed E-state index contributed by atoms with van der Waals surface area (Å²) in [5.41, 5.74) is 10.1. The van der Waals surface area contributed by atoms with Crippen molar-refractivity contribution in [3.8, 4) is 11.1 Å². The molecule has 0 bridgehead atoms. The quantitative estimate of drug-likeness (QED) is 0.379. The van der Waals surface area contributed by atoms with Gasteiger partial charge >= 0.3 is 0 Å². The van der Waals surface area contributed by atoms with E-state index in [2.05, 4.69) is 50.0 Å². The lowest BCUT2D eigenvalue weighted by Gasteiger charge is -2.39. The minimum atomic E-state index is -2.65. The number of piperazine rings is 1. The second-order valence-corrected chi connectivity index (χ2v) is 11.6. The fourth-order valence-electron chi connectivity index (χ4n) is 5.98. The highest BCUT2D eigenvalue weighted by atomic mass is 35.5. The zero-order valence-electron chi connectivity index (χ0n) is 22.8. The number of nitrogens with zero attached hydrogens (tertiary/aromatic N) is 4. The number of piperidine rings is 1. The van der Waals surface area contributed by atoms with E-state index in [0.29, 0.717) is 17.1 Å². The van der Waals surface area contributed by atoms with Crippen LogP contribution in [0.4, 0.5) is 20.2 Å². The van der Waals surface area contributed by atoms with E-state index in [1.165, 1.54) is 37.7 Å². The molecule has 8 heteroatoms. The van der Waals surface area contributed by atoms with Gasteiger partial charge in [-0.1, -0.05) is 36.2 Å². The van der Waals surface area contributed by atoms with Crippen LogP contribution >= 0.6 is 11.6 Å². The van der Waals surface area contributed by atoms with E-state index in [9.17, 15) is 8.78 Å². The molecule has 0 aromatic heterocycles. The summed E-state index contributed by atoms with van der Waals surface area (Å²) in [4.78, 5) is 11.8. The molecule has 0 amide bonds. The molecule has 2 saturated heterocycles. The Hall–Kier alpha value is -2.64. The summed E-state index contributed by atoms with van der Waals surface area (Å²) in [6.07, 6.45) is 4.41. The number of rotatable bonds is 8. The normalized spacial score (nSPS) is 21.9. The van der Waals surface area contributed by atoms with Crippen molar-refractivity contribution in [2.75, 3.05) is 55.6 Å². The Morgan fingerprint density at radius 2 is 1.74 bits per heavy atom. The van der Waals surface area contributed by atoms with Crippen LogP contribution in [0.3, 0.4) is 0 Å². The fourth-order valence-corrected chi connectivity index (χ4v) is 6.15. The highest BCUT2D eigenvalue weighted by Gasteiger charge is 2.26. The number of hydrogen-bond acceptors (Lipinski definition) is 5. The molecule has 5 rings (SSSR count). The largest absolute Gasteiger partial charge is 0.404 e. The second-order valence-electron chi connectivity index (χ2n) is 11.2. The molecule has 2 aliphatic heterocycles. The first-order valence-electron chi connectivity index (χ1n) is 14.3. The van der Waals surface area contributed by atoms with E-state index >= 15 is 0 Å². The number of benzene rings is 2. The van der Waals surface area contributed by atoms with Gasteiger partial charge in [-0.3, -0.25) is 9.89 Å². The van der Waals surface area contributed by atoms with Crippen LogP contribution < -0.4 is 15.5 Å². The van der Waals surface area contributed by atoms with Crippen molar-refractivity contribution in [2.45, 2.75) is 51.5 Å². The van der Waals surface area contributed by atoms with Crippen molar-refractivity contribution in [1.82, 2.24) is 4.90 Å². The average Bonchev–Trinajstić information content (AvgIpc) is 2.94. The van der Waals surface area contributed by atoms with Crippen LogP contribution in [0, 0.1) is 5.92 Å². The van der Waals surface area contributed by atoms with Gasteiger partial charge < -0.3 is 15.5 Å². The predicted molar refractivity (Wildman–Crippen MR) is 160 cm³/mol. The zero-order valence-corrected chi connectivity index (χ0v) is 23.6. The van der Waals surface area contributed by atoms with E-state index in [4.69, 9.17) is 17.3 Å². The van der Waals surface area contributed by atoms with Crippen LogP contribution in [-0.4, -0.2) is 68.9 Å². The van der Waals surface area contributed by atoms with Gasteiger partial charge in [-0.15, -0.1) is 0 Å². The summed E-state index contributed by atoms with van der Waals surface area (Å²) in [6.45, 7) is 8.63. The maximum Gasteiger partial charge on any atom is 0.280 e. The van der Waals surface area contributed by atoms with Gasteiger partial charge in [0.1, 0.15) is 5.71 Å². The molecular formula is C31H40ClF2N5. The van der Waals surface area contributed by atoms with Crippen LogP contribution in [0.25, 0.3) is 11.1 Å². The van der Waals surface area contributed by atoms with Crippen molar-refractivity contribution >= 4 is 28.7 Å². The Bertz CT molecular complexity index is 1170. The van der Waals surface area contributed by atoms with Crippen molar-refractivity contribution in [1.29, 1.82) is 0 Å². The van der Waals surface area contributed by atoms with Crippen LogP contribution in [0.1, 0.15) is 39.0 Å². The lowest BCUT2D eigenvalue weighted by Crippen LogP contribution is -2.48. The molecule has 2 N–H and O–H groups in total. The van der Waals surface area contributed by atoms with Crippen LogP contribution in [-0.2, 0) is 0 Å². The Labute approximate surface area is 236 Å². The van der Waals surface area contributed by atoms with E-state index in [-0.39, 0.29) is 11.8 Å². The molecule has 1 unspecified atom stereocenters. The first-order chi connectivity index (χ1) is 18.9. The number of aliphatic imine (C=N–C) groups is 1. The first-order valence-corrected chi connectivity index (χ1v) is 14.7. The molecule has 5 nitrogen and oxygen atoms in total. The second kappa shape index (κ2) is 12.7. The third kappa shape index (κ3) is 6.75. The number of anilines is 2. The molecule has 1 saturated carbocycles. The summed E-state index contributed by atoms with van der Waals surface area (Å²) >= 11 is 6.44. The smallest absolute Gasteiger partial charge is 0.280 e. The zero-order chi connectivity index (χ0) is 27.4. The van der Waals surface area contributed by atoms with Gasteiger partial charge in [0.25, 0.3) is 6.43 Å². The van der Waals surface area contributed by atoms with Gasteiger partial charge in [0.05, 0.1) is 6.04 Å². The molecule has 2 aromatic rings. The number of nitrogens with two attached hydrogens (primary N) is 1. The van der Waals surface area contributed by atoms with E-state index in [1.807, 2.05) is 12.1 Å². The molecule has 0 spiro atoms. The Balaban J connectivity index is 1.30. The predicted octanol–water partition coefficient (Wildman–Crippen LogP) is 6.47. The van der Waals surface area contributed by atoms with Gasteiger partial charge in [0, 0.05) is 67.8 Å². The number of alkyl halides is 2. The third-order valence-corrected chi connectivity index (χ3v) is 8.77. The van der Waals surface area contributed by atoms with Crippen LogP contribution in [0.5, 0.6) is 0 Å². The summed E-state index contributed by atoms with van der Waals surface area (Å²) in [5, 5.41) is 0.658. The van der Waals surface area contributed by atoms with E-state index in [1.54, 1.807) is 6.92 Å². The maximum absolute atomic E-state index is 13.6. The average molecular weight is 556 g/mol. The maximum atomic E-state index is 13.6. The minimum absolute atomic E-state index is 0.213. The summed E-state index contributed by atoms with van der Waals surface area (Å²) in [5.74, 6) is 0.921. The van der Waals surface area contributed by atoms with Gasteiger partial charge in [0.2, 0.25) is 0 Å². The summed E-state index contributed by atoms with van der Waals surface area (Å²) in [7, 11) is 0. The highest BCUT2D eigenvalue weighted by Crippen LogP contribution is 2.36. The minimum Gasteiger partial charge on any atom is -0.404 e. The van der Waals surface area contributed by atoms with Crippen LogP contribution in [0.15, 0.2) is 59.2 Å². The molecule has 2 aromatic carbocycles. The highest BCUT2D eigenvalue weighted by molar-refractivity contribution is 6.31. The molecule has 39 heavy (non-hydrogen) atoms. The molecule has 3 aliphatic rings. The summed E-state index contributed by atoms with van der Waals surface area (Å²) < 4.78 is 27.3. The van der Waals surface area contributed by atoms with Crippen molar-refractivity contribution in [3.63, 3.8) is 0 Å². The SMILES string of the molecule is CC(=CN)C(=NC1CCCN(c2cc(Cl)ccc2-c2ccc(N3CCN(CC4CCC4)CC3)cc2)C1)C(F)F. The lowest BCUT2D eigenvalue weighted by atomic mass is 9.85. The standard InChI is InChI=1S/C31H40ClF2N5/c1-22(19-35)30(31(33)34)36-26-6-3-13-39(21-26)29-18-25(32)9-12-28(29)24-7-10-27(11-8-24)38-16-14-37(15-17-38)20-23-4-2-5-23/h7-12,18-19,23,26,31H,2-6,13-17,20-21,35H2,1H3. The number of halogens is 3. The monoisotopic (exact) mass is 555 g/mol. The molecule has 210 valence electrons. The molecule has 0 radical (unpaired) electrons. The van der Waals surface area contributed by atoms with Crippen LogP contribution in [0.2, 0.25) is 5.02 Å². The van der Waals surface area contributed by atoms with Gasteiger partial charge in [-0.05, 0) is 80.1 Å². The molecule has 1 aliphatic carbocycles. The Morgan fingerprint density at radius 1 is 1.00 bits per heavy atom. The van der Waals surface area contributed by atoms with Gasteiger partial charge in [-0.2, -0.15) is 0 Å². The van der Waals surface area contributed by atoms with Crippen molar-refractivity contribution < 1.29 is 8.78 Å². The van der Waals surface area contributed by atoms with Crippen molar-refractivity contribution in [2.24, 2.45) is 16.6 Å². The Morgan fingerprint density at radius 3 is 2.38 bits per heavy atom. The molecule has 1 atom stereocenters. The van der Waals surface area contributed by atoms with Crippen molar-refractivity contribution in [3.05, 3.63) is 59.3 Å². The lowest BCUT2D eigenvalue weighted by molar-refractivity contribution is 0.170. The van der Waals surface area contributed by atoms with E-state index < -0.39 is 6.43 Å². The topological polar surface area (TPSA) is 48.1 Å². The van der Waals surface area contributed by atoms with Gasteiger partial charge in [-0.25, -0.2) is 8.78 Å². The molecule has 3 fully saturated rings. The first kappa shape index (κ1) is 27.9. The van der Waals surface area contributed by atoms with Gasteiger partial charge in [0.15, 0.2) is 0 Å². The number of hydrogen-bond donors (Lipinski definition) is 1.